The fourth-order valence-electron chi connectivity index (χ4n) is 4.60. The summed E-state index contributed by atoms with van der Waals surface area (Å²) in [5.74, 6) is 1.27. The fourth-order valence-corrected chi connectivity index (χ4v) is 5.25. The average molecular weight is 548 g/mol. The third kappa shape index (κ3) is 7.77. The second-order valence-corrected chi connectivity index (χ2v) is 11.6. The summed E-state index contributed by atoms with van der Waals surface area (Å²) in [7, 11) is -3.43. The van der Waals surface area contributed by atoms with Gasteiger partial charge in [0.15, 0.2) is 11.5 Å². The molecule has 2 heterocycles. The van der Waals surface area contributed by atoms with Gasteiger partial charge < -0.3 is 15.0 Å². The Kier molecular flexibility index (Phi) is 8.84. The molecule has 12 heteroatoms. The fraction of sp³-hybridized carbons (Fsp3) is 0.520. The number of aromatic nitrogens is 2. The molecule has 2 fully saturated rings. The molecule has 1 saturated heterocycles. The number of nitriles is 1. The smallest absolute Gasteiger partial charge is 0.272 e. The Morgan fingerprint density at radius 1 is 1.14 bits per heavy atom. The van der Waals surface area contributed by atoms with E-state index in [0.717, 1.165) is 57.9 Å². The molecule has 37 heavy (non-hydrogen) atoms. The molecule has 0 bridgehead atoms. The van der Waals surface area contributed by atoms with Crippen LogP contribution in [-0.4, -0.2) is 62.6 Å². The highest BCUT2D eigenvalue weighted by atomic mass is 35.5. The van der Waals surface area contributed by atoms with E-state index in [1.807, 2.05) is 6.07 Å². The molecule has 1 aromatic carbocycles. The molecule has 2 aliphatic rings. The van der Waals surface area contributed by atoms with Crippen LogP contribution in [-0.2, 0) is 14.3 Å². The summed E-state index contributed by atoms with van der Waals surface area (Å²) in [6.07, 6.45) is 5.82. The lowest BCUT2D eigenvalue weighted by Gasteiger charge is -2.32. The number of piperidine rings is 1. The van der Waals surface area contributed by atoms with Gasteiger partial charge in [0, 0.05) is 25.2 Å². The minimum atomic E-state index is -3.43. The molecule has 1 aromatic heterocycles. The van der Waals surface area contributed by atoms with Crippen LogP contribution < -0.4 is 15.0 Å². The van der Waals surface area contributed by atoms with E-state index in [-0.39, 0.29) is 36.3 Å². The zero-order valence-electron chi connectivity index (χ0n) is 20.6. The summed E-state index contributed by atoms with van der Waals surface area (Å²) < 4.78 is 33.3. The van der Waals surface area contributed by atoms with Crippen LogP contribution in [0.4, 0.5) is 5.82 Å². The van der Waals surface area contributed by atoms with Crippen molar-refractivity contribution in [2.24, 2.45) is 5.92 Å². The van der Waals surface area contributed by atoms with Crippen LogP contribution >= 0.6 is 11.6 Å². The van der Waals surface area contributed by atoms with Crippen molar-refractivity contribution in [1.82, 2.24) is 15.5 Å². The van der Waals surface area contributed by atoms with E-state index in [1.165, 1.54) is 0 Å². The largest absolute Gasteiger partial charge is 0.490 e. The van der Waals surface area contributed by atoms with Crippen molar-refractivity contribution >= 4 is 33.4 Å². The highest BCUT2D eigenvalue weighted by Crippen LogP contribution is 2.27. The minimum absolute atomic E-state index is 0.0262. The van der Waals surface area contributed by atoms with Gasteiger partial charge in [-0.1, -0.05) is 11.6 Å². The van der Waals surface area contributed by atoms with Gasteiger partial charge in [0.2, 0.25) is 0 Å². The lowest BCUT2D eigenvalue weighted by Crippen LogP contribution is -2.40. The Bertz CT molecular complexity index is 1240. The second-order valence-electron chi connectivity index (χ2n) is 9.51. The van der Waals surface area contributed by atoms with Crippen molar-refractivity contribution in [1.29, 1.82) is 5.26 Å². The molecule has 198 valence electrons. The second kappa shape index (κ2) is 12.1. The van der Waals surface area contributed by atoms with Gasteiger partial charge in [-0.3, -0.25) is 8.98 Å². The van der Waals surface area contributed by atoms with E-state index in [9.17, 15) is 13.2 Å². The van der Waals surface area contributed by atoms with E-state index < -0.39 is 10.1 Å². The van der Waals surface area contributed by atoms with Crippen LogP contribution in [0.3, 0.4) is 0 Å². The van der Waals surface area contributed by atoms with Gasteiger partial charge in [-0.05, 0) is 68.7 Å². The van der Waals surface area contributed by atoms with Crippen molar-refractivity contribution in [3.63, 3.8) is 0 Å². The summed E-state index contributed by atoms with van der Waals surface area (Å²) in [6.45, 7) is 1.64. The molecule has 0 atom stereocenters. The first-order chi connectivity index (χ1) is 17.7. The minimum Gasteiger partial charge on any atom is -0.490 e. The van der Waals surface area contributed by atoms with Crippen LogP contribution in [0.5, 0.6) is 5.75 Å². The zero-order chi connectivity index (χ0) is 26.4. The van der Waals surface area contributed by atoms with Gasteiger partial charge in [-0.25, -0.2) is 0 Å². The molecule has 1 aliphatic carbocycles. The quantitative estimate of drug-likeness (QED) is 0.494. The predicted molar refractivity (Wildman–Crippen MR) is 138 cm³/mol. The third-order valence-electron chi connectivity index (χ3n) is 6.71. The van der Waals surface area contributed by atoms with Crippen molar-refractivity contribution in [3.05, 3.63) is 46.6 Å². The Balaban J connectivity index is 1.20. The third-order valence-corrected chi connectivity index (χ3v) is 7.59. The number of carbonyl (C=O) groups is 1. The normalized spacial score (nSPS) is 20.7. The van der Waals surface area contributed by atoms with Crippen molar-refractivity contribution in [2.75, 3.05) is 30.9 Å². The lowest BCUT2D eigenvalue weighted by atomic mass is 9.93. The lowest BCUT2D eigenvalue weighted by molar-refractivity contribution is 0.0888. The Labute approximate surface area is 222 Å². The van der Waals surface area contributed by atoms with E-state index in [0.29, 0.717) is 22.2 Å². The molecule has 1 N–H and O–H groups in total. The first kappa shape index (κ1) is 27.1. The Morgan fingerprint density at radius 3 is 2.46 bits per heavy atom. The topological polar surface area (TPSA) is 135 Å². The molecular weight excluding hydrogens is 518 g/mol. The van der Waals surface area contributed by atoms with Crippen LogP contribution in [0, 0.1) is 17.2 Å². The van der Waals surface area contributed by atoms with E-state index in [1.54, 1.807) is 30.3 Å². The van der Waals surface area contributed by atoms with Crippen molar-refractivity contribution in [2.45, 2.75) is 50.7 Å². The van der Waals surface area contributed by atoms with Gasteiger partial charge in [0.1, 0.15) is 11.8 Å². The van der Waals surface area contributed by atoms with Gasteiger partial charge >= 0.3 is 0 Å². The number of rotatable bonds is 8. The number of nitrogens with one attached hydrogen (secondary N) is 1. The number of nitrogens with zero attached hydrogens (tertiary/aromatic N) is 4. The average Bonchev–Trinajstić information content (AvgIpc) is 2.89. The summed E-state index contributed by atoms with van der Waals surface area (Å²) in [5, 5.41) is 20.8. The number of amides is 1. The predicted octanol–water partition coefficient (Wildman–Crippen LogP) is 3.31. The van der Waals surface area contributed by atoms with Gasteiger partial charge in [0.25, 0.3) is 16.0 Å². The van der Waals surface area contributed by atoms with Gasteiger partial charge in [-0.2, -0.15) is 13.7 Å². The SMILES string of the molecule is CS(=O)(=O)OCC1CCN(c2ccc(C(=O)NC3CCC(Oc4ccc(C#N)c(Cl)c4)CC3)nn2)CC1. The molecule has 1 amide bonds. The molecule has 2 aromatic rings. The number of benzene rings is 1. The number of anilines is 1. The number of carbonyl (C=O) groups excluding carboxylic acids is 1. The first-order valence-corrected chi connectivity index (χ1v) is 14.5. The summed E-state index contributed by atoms with van der Waals surface area (Å²) in [4.78, 5) is 14.8. The molecule has 0 spiro atoms. The molecule has 1 saturated carbocycles. The monoisotopic (exact) mass is 547 g/mol. The number of hydrogen-bond acceptors (Lipinski definition) is 9. The van der Waals surface area contributed by atoms with E-state index in [2.05, 4.69) is 20.4 Å². The molecule has 1 aliphatic heterocycles. The van der Waals surface area contributed by atoms with Crippen LogP contribution in [0.15, 0.2) is 30.3 Å². The molecular formula is C25H30ClN5O5S. The molecule has 4 rings (SSSR count). The standard InChI is InChI=1S/C25H30ClN5O5S/c1-37(33,34)35-16-17-10-12-31(13-11-17)24-9-8-23(29-30-24)25(32)28-19-3-6-20(7-4-19)36-21-5-2-18(15-27)22(26)14-21/h2,5,8-9,14,17,19-20H,3-4,6-7,10-13,16H2,1H3,(H,28,32). The van der Waals surface area contributed by atoms with Gasteiger partial charge in [-0.15, -0.1) is 10.2 Å². The van der Waals surface area contributed by atoms with Crippen molar-refractivity contribution in [3.8, 4) is 11.8 Å². The molecule has 0 unspecified atom stereocenters. The Hall–Kier alpha value is -2.94. The van der Waals surface area contributed by atoms with Crippen molar-refractivity contribution < 1.29 is 22.1 Å². The van der Waals surface area contributed by atoms with Crippen LogP contribution in [0.2, 0.25) is 5.02 Å². The number of halogens is 1. The number of ether oxygens (including phenoxy) is 1. The van der Waals surface area contributed by atoms with E-state index in [4.69, 9.17) is 25.8 Å². The van der Waals surface area contributed by atoms with Crippen LogP contribution in [0.25, 0.3) is 0 Å². The number of hydrogen-bond donors (Lipinski definition) is 1. The molecule has 0 radical (unpaired) electrons. The maximum absolute atomic E-state index is 12.7. The highest BCUT2D eigenvalue weighted by Gasteiger charge is 2.25. The summed E-state index contributed by atoms with van der Waals surface area (Å²) in [6, 6.07) is 10.6. The van der Waals surface area contributed by atoms with E-state index >= 15 is 0 Å². The van der Waals surface area contributed by atoms with Crippen LogP contribution in [0.1, 0.15) is 54.6 Å². The molecule has 10 nitrogen and oxygen atoms in total. The zero-order valence-corrected chi connectivity index (χ0v) is 22.2. The highest BCUT2D eigenvalue weighted by molar-refractivity contribution is 7.85. The maximum atomic E-state index is 12.7. The maximum Gasteiger partial charge on any atom is 0.272 e. The Morgan fingerprint density at radius 2 is 1.86 bits per heavy atom. The summed E-state index contributed by atoms with van der Waals surface area (Å²) in [5.41, 5.74) is 0.684. The van der Waals surface area contributed by atoms with Gasteiger partial charge in [0.05, 0.1) is 29.6 Å². The first-order valence-electron chi connectivity index (χ1n) is 12.3. The summed E-state index contributed by atoms with van der Waals surface area (Å²) >= 11 is 6.08.